The van der Waals surface area contributed by atoms with E-state index in [1.165, 1.54) is 12.1 Å². The Bertz CT molecular complexity index is 446. The summed E-state index contributed by atoms with van der Waals surface area (Å²) in [5.74, 6) is -0.118. The highest BCUT2D eigenvalue weighted by molar-refractivity contribution is 5.76. The van der Waals surface area contributed by atoms with Gasteiger partial charge in [0.25, 0.3) is 5.69 Å². The largest absolute Gasteiger partial charge is 0.393 e. The van der Waals surface area contributed by atoms with Crippen molar-refractivity contribution in [2.24, 2.45) is 0 Å². The first-order valence-corrected chi connectivity index (χ1v) is 6.17. The van der Waals surface area contributed by atoms with Gasteiger partial charge >= 0.3 is 0 Å². The Morgan fingerprint density at radius 2 is 2.26 bits per heavy atom. The number of nitrogens with one attached hydrogen (secondary N) is 1. The van der Waals surface area contributed by atoms with Crippen LogP contribution in [0.3, 0.4) is 0 Å². The number of aryl methyl sites for hydroxylation is 1. The molecule has 0 aliphatic heterocycles. The van der Waals surface area contributed by atoms with Crippen LogP contribution in [0, 0.1) is 10.1 Å². The molecule has 1 unspecified atom stereocenters. The van der Waals surface area contributed by atoms with Gasteiger partial charge in [-0.25, -0.2) is 0 Å². The zero-order valence-electron chi connectivity index (χ0n) is 10.8. The normalized spacial score (nSPS) is 11.9. The fraction of sp³-hybridized carbons (Fsp3) is 0.462. The quantitative estimate of drug-likeness (QED) is 0.576. The number of hydrogen-bond donors (Lipinski definition) is 2. The maximum absolute atomic E-state index is 11.5. The maximum Gasteiger partial charge on any atom is 0.269 e. The molecule has 19 heavy (non-hydrogen) atoms. The molecule has 1 atom stereocenters. The number of carbonyl (C=O) groups excluding carboxylic acids is 1. The van der Waals surface area contributed by atoms with E-state index in [4.69, 9.17) is 5.11 Å². The van der Waals surface area contributed by atoms with Gasteiger partial charge in [-0.15, -0.1) is 0 Å². The monoisotopic (exact) mass is 266 g/mol. The number of aliphatic hydroxyl groups is 1. The third-order valence-corrected chi connectivity index (χ3v) is 2.65. The summed E-state index contributed by atoms with van der Waals surface area (Å²) in [6.45, 7) is 2.10. The zero-order chi connectivity index (χ0) is 14.3. The second-order valence-corrected chi connectivity index (χ2v) is 4.41. The molecule has 6 nitrogen and oxygen atoms in total. The van der Waals surface area contributed by atoms with Gasteiger partial charge in [-0.05, 0) is 25.3 Å². The van der Waals surface area contributed by atoms with E-state index in [2.05, 4.69) is 5.32 Å². The van der Waals surface area contributed by atoms with E-state index in [1.54, 1.807) is 19.1 Å². The van der Waals surface area contributed by atoms with Crippen molar-refractivity contribution in [1.82, 2.24) is 5.32 Å². The predicted molar refractivity (Wildman–Crippen MR) is 70.7 cm³/mol. The molecule has 0 bridgehead atoms. The van der Waals surface area contributed by atoms with Crippen LogP contribution in [0.4, 0.5) is 5.69 Å². The van der Waals surface area contributed by atoms with Gasteiger partial charge in [0, 0.05) is 25.1 Å². The smallest absolute Gasteiger partial charge is 0.269 e. The van der Waals surface area contributed by atoms with Crippen LogP contribution in [-0.2, 0) is 11.2 Å². The van der Waals surface area contributed by atoms with Gasteiger partial charge in [0.05, 0.1) is 11.0 Å². The summed E-state index contributed by atoms with van der Waals surface area (Å²) in [6.07, 6.45) is 0.822. The van der Waals surface area contributed by atoms with Crippen LogP contribution in [-0.4, -0.2) is 28.6 Å². The molecule has 0 heterocycles. The van der Waals surface area contributed by atoms with Crippen molar-refractivity contribution in [3.8, 4) is 0 Å². The highest BCUT2D eigenvalue weighted by Gasteiger charge is 2.07. The first kappa shape index (κ1) is 15.1. The Labute approximate surface area is 111 Å². The molecule has 1 aromatic carbocycles. The first-order chi connectivity index (χ1) is 8.99. The minimum atomic E-state index is -0.452. The summed E-state index contributed by atoms with van der Waals surface area (Å²) in [4.78, 5) is 21.6. The fourth-order valence-corrected chi connectivity index (χ4v) is 1.59. The zero-order valence-corrected chi connectivity index (χ0v) is 10.8. The van der Waals surface area contributed by atoms with Crippen molar-refractivity contribution in [2.45, 2.75) is 32.3 Å². The van der Waals surface area contributed by atoms with Gasteiger partial charge in [-0.2, -0.15) is 0 Å². The number of amides is 1. The average molecular weight is 266 g/mol. The van der Waals surface area contributed by atoms with Gasteiger partial charge in [0.15, 0.2) is 0 Å². The number of hydrogen-bond acceptors (Lipinski definition) is 4. The molecule has 6 heteroatoms. The fourth-order valence-electron chi connectivity index (χ4n) is 1.59. The molecular weight excluding hydrogens is 248 g/mol. The summed E-state index contributed by atoms with van der Waals surface area (Å²) in [5, 5.41) is 22.3. The van der Waals surface area contributed by atoms with E-state index in [0.29, 0.717) is 19.4 Å². The van der Waals surface area contributed by atoms with Crippen LogP contribution in [0.1, 0.15) is 25.3 Å². The van der Waals surface area contributed by atoms with Crippen LogP contribution in [0.15, 0.2) is 24.3 Å². The summed E-state index contributed by atoms with van der Waals surface area (Å²) < 4.78 is 0. The SMILES string of the molecule is CC(O)CCNC(=O)CCc1cccc([N+](=O)[O-])c1. The van der Waals surface area contributed by atoms with E-state index in [1.807, 2.05) is 0 Å². The summed E-state index contributed by atoms with van der Waals surface area (Å²) >= 11 is 0. The van der Waals surface area contributed by atoms with Gasteiger partial charge in [-0.3, -0.25) is 14.9 Å². The van der Waals surface area contributed by atoms with Crippen molar-refractivity contribution in [3.05, 3.63) is 39.9 Å². The van der Waals surface area contributed by atoms with Crippen molar-refractivity contribution in [3.63, 3.8) is 0 Å². The number of rotatable bonds is 7. The minimum absolute atomic E-state index is 0.0343. The predicted octanol–water partition coefficient (Wildman–Crippen LogP) is 1.41. The summed E-state index contributed by atoms with van der Waals surface area (Å²) in [7, 11) is 0. The van der Waals surface area contributed by atoms with Crippen molar-refractivity contribution >= 4 is 11.6 Å². The topological polar surface area (TPSA) is 92.5 Å². The van der Waals surface area contributed by atoms with Gasteiger partial charge < -0.3 is 10.4 Å². The summed E-state index contributed by atoms with van der Waals surface area (Å²) in [6, 6.07) is 6.27. The highest BCUT2D eigenvalue weighted by Crippen LogP contribution is 2.14. The van der Waals surface area contributed by atoms with Gasteiger partial charge in [0.1, 0.15) is 0 Å². The van der Waals surface area contributed by atoms with Crippen molar-refractivity contribution < 1.29 is 14.8 Å². The molecule has 104 valence electrons. The molecule has 0 saturated heterocycles. The molecule has 1 rings (SSSR count). The average Bonchev–Trinajstić information content (AvgIpc) is 2.36. The number of nitro benzene ring substituents is 1. The number of nitro groups is 1. The number of nitrogens with zero attached hydrogens (tertiary/aromatic N) is 1. The third-order valence-electron chi connectivity index (χ3n) is 2.65. The van der Waals surface area contributed by atoms with E-state index in [-0.39, 0.29) is 18.0 Å². The number of carbonyl (C=O) groups is 1. The number of aliphatic hydroxyl groups excluding tert-OH is 1. The van der Waals surface area contributed by atoms with Crippen LogP contribution in [0.2, 0.25) is 0 Å². The van der Waals surface area contributed by atoms with Crippen LogP contribution < -0.4 is 5.32 Å². The second kappa shape index (κ2) is 7.48. The van der Waals surface area contributed by atoms with E-state index in [9.17, 15) is 14.9 Å². The molecule has 0 saturated carbocycles. The molecule has 0 aliphatic carbocycles. The molecule has 0 aromatic heterocycles. The molecule has 0 radical (unpaired) electrons. The molecule has 2 N–H and O–H groups in total. The molecule has 0 fully saturated rings. The van der Waals surface area contributed by atoms with Crippen LogP contribution in [0.5, 0.6) is 0 Å². The standard InChI is InChI=1S/C13H18N2O4/c1-10(16)7-8-14-13(17)6-5-11-3-2-4-12(9-11)15(18)19/h2-4,9-10,16H,5-8H2,1H3,(H,14,17). The summed E-state index contributed by atoms with van der Waals surface area (Å²) in [5.41, 5.74) is 0.798. The maximum atomic E-state index is 11.5. The van der Waals surface area contributed by atoms with Crippen molar-refractivity contribution in [2.75, 3.05) is 6.54 Å². The molecular formula is C13H18N2O4. The molecule has 0 spiro atoms. The number of non-ortho nitro benzene ring substituents is 1. The highest BCUT2D eigenvalue weighted by atomic mass is 16.6. The van der Waals surface area contributed by atoms with Crippen molar-refractivity contribution in [1.29, 1.82) is 0 Å². The Morgan fingerprint density at radius 3 is 2.89 bits per heavy atom. The second-order valence-electron chi connectivity index (χ2n) is 4.41. The van der Waals surface area contributed by atoms with E-state index < -0.39 is 11.0 Å². The minimum Gasteiger partial charge on any atom is -0.393 e. The van der Waals surface area contributed by atoms with Gasteiger partial charge in [-0.1, -0.05) is 12.1 Å². The lowest BCUT2D eigenvalue weighted by molar-refractivity contribution is -0.384. The Balaban J connectivity index is 2.37. The van der Waals surface area contributed by atoms with E-state index in [0.717, 1.165) is 5.56 Å². The molecule has 1 amide bonds. The van der Waals surface area contributed by atoms with Gasteiger partial charge in [0.2, 0.25) is 5.91 Å². The lowest BCUT2D eigenvalue weighted by Gasteiger charge is -2.06. The van der Waals surface area contributed by atoms with E-state index >= 15 is 0 Å². The Hall–Kier alpha value is -1.95. The number of benzene rings is 1. The van der Waals surface area contributed by atoms with Crippen LogP contribution in [0.25, 0.3) is 0 Å². The lowest BCUT2D eigenvalue weighted by Crippen LogP contribution is -2.26. The van der Waals surface area contributed by atoms with Crippen LogP contribution >= 0.6 is 0 Å². The lowest BCUT2D eigenvalue weighted by atomic mass is 10.1. The Kier molecular flexibility index (Phi) is 5.95. The first-order valence-electron chi connectivity index (χ1n) is 6.17. The molecule has 1 aromatic rings. The molecule has 0 aliphatic rings. The Morgan fingerprint density at radius 1 is 1.53 bits per heavy atom. The third kappa shape index (κ3) is 5.96.